The van der Waals surface area contributed by atoms with Crippen LogP contribution in [0, 0.1) is 6.92 Å². The summed E-state index contributed by atoms with van der Waals surface area (Å²) in [5, 5.41) is 15.2. The van der Waals surface area contributed by atoms with Crippen LogP contribution in [0.1, 0.15) is 5.69 Å². The largest absolute Gasteiger partial charge is 0.493 e. The summed E-state index contributed by atoms with van der Waals surface area (Å²) in [6, 6.07) is 13.1. The molecule has 0 radical (unpaired) electrons. The second-order valence-electron chi connectivity index (χ2n) is 6.57. The van der Waals surface area contributed by atoms with E-state index in [1.807, 2.05) is 30.5 Å². The zero-order valence-electron chi connectivity index (χ0n) is 17.6. The van der Waals surface area contributed by atoms with Crippen LogP contribution in [0.25, 0.3) is 20.5 Å². The minimum Gasteiger partial charge on any atom is -0.493 e. The third kappa shape index (κ3) is 5.09. The van der Waals surface area contributed by atoms with E-state index in [9.17, 15) is 4.79 Å². The van der Waals surface area contributed by atoms with E-state index in [4.69, 9.17) is 9.47 Å². The lowest BCUT2D eigenvalue weighted by molar-refractivity contribution is -0.113. The van der Waals surface area contributed by atoms with Gasteiger partial charge < -0.3 is 14.8 Å². The van der Waals surface area contributed by atoms with Gasteiger partial charge in [0.1, 0.15) is 15.7 Å². The molecule has 1 aromatic carbocycles. The molecule has 0 atom stereocenters. The predicted octanol–water partition coefficient (Wildman–Crippen LogP) is 5.39. The highest BCUT2D eigenvalue weighted by molar-refractivity contribution is 7.99. The van der Waals surface area contributed by atoms with E-state index in [-0.39, 0.29) is 11.7 Å². The third-order valence-corrected chi connectivity index (χ3v) is 7.56. The van der Waals surface area contributed by atoms with E-state index in [0.717, 1.165) is 26.1 Å². The topological polar surface area (TPSA) is 86.2 Å². The van der Waals surface area contributed by atoms with Crippen LogP contribution >= 0.6 is 34.4 Å². The molecule has 0 saturated heterocycles. The van der Waals surface area contributed by atoms with Crippen LogP contribution in [0.5, 0.6) is 11.5 Å². The minimum atomic E-state index is -0.146. The average molecular weight is 485 g/mol. The Kier molecular flexibility index (Phi) is 7.03. The fourth-order valence-corrected chi connectivity index (χ4v) is 5.35. The van der Waals surface area contributed by atoms with Gasteiger partial charge in [0.25, 0.3) is 0 Å². The third-order valence-electron chi connectivity index (χ3n) is 4.42. The molecule has 4 rings (SSSR count). The number of benzene rings is 1. The Morgan fingerprint density at radius 2 is 1.94 bits per heavy atom. The Balaban J connectivity index is 1.37. The predicted molar refractivity (Wildman–Crippen MR) is 130 cm³/mol. The summed E-state index contributed by atoms with van der Waals surface area (Å²) < 4.78 is 10.5. The van der Waals surface area contributed by atoms with Gasteiger partial charge in [0, 0.05) is 11.8 Å². The van der Waals surface area contributed by atoms with Crippen LogP contribution in [0.2, 0.25) is 0 Å². The summed E-state index contributed by atoms with van der Waals surface area (Å²) >= 11 is 4.60. The van der Waals surface area contributed by atoms with Crippen LogP contribution < -0.4 is 14.8 Å². The molecular formula is C22H20N4O3S3. The van der Waals surface area contributed by atoms with Crippen LogP contribution in [0.3, 0.4) is 0 Å². The van der Waals surface area contributed by atoms with Crippen molar-refractivity contribution in [2.45, 2.75) is 11.9 Å². The molecule has 0 aliphatic rings. The number of aryl methyl sites for hydroxylation is 1. The Labute approximate surface area is 197 Å². The first kappa shape index (κ1) is 22.3. The standard InChI is InChI=1S/C22H20N4O3S3/c1-13-21(32-22(23-13)18-5-4-10-30-18)15-7-9-20(26-25-15)31-12-19(27)24-14-6-8-16(28-2)17(11-14)29-3/h4-11H,12H2,1-3H3,(H,24,27). The number of nitrogens with one attached hydrogen (secondary N) is 1. The summed E-state index contributed by atoms with van der Waals surface area (Å²) in [5.41, 5.74) is 2.35. The van der Waals surface area contributed by atoms with Crippen molar-refractivity contribution < 1.29 is 14.3 Å². The molecule has 32 heavy (non-hydrogen) atoms. The van der Waals surface area contributed by atoms with Crippen LogP contribution in [0.4, 0.5) is 5.69 Å². The molecule has 10 heteroatoms. The van der Waals surface area contributed by atoms with E-state index in [2.05, 4.69) is 26.6 Å². The van der Waals surface area contributed by atoms with Crippen molar-refractivity contribution in [3.63, 3.8) is 0 Å². The van der Waals surface area contributed by atoms with E-state index >= 15 is 0 Å². The van der Waals surface area contributed by atoms with Gasteiger partial charge in [-0.15, -0.1) is 32.9 Å². The number of ether oxygens (including phenoxy) is 2. The highest BCUT2D eigenvalue weighted by atomic mass is 32.2. The molecule has 1 N–H and O–H groups in total. The molecule has 7 nitrogen and oxygen atoms in total. The van der Waals surface area contributed by atoms with E-state index in [0.29, 0.717) is 22.2 Å². The average Bonchev–Trinajstić information content (AvgIpc) is 3.48. The first-order valence-corrected chi connectivity index (χ1v) is 12.3. The Bertz CT molecular complexity index is 1210. The zero-order valence-corrected chi connectivity index (χ0v) is 20.1. The SMILES string of the molecule is COc1ccc(NC(=O)CSc2ccc(-c3sc(-c4cccs4)nc3C)nn2)cc1OC. The van der Waals surface area contributed by atoms with Gasteiger partial charge in [-0.2, -0.15) is 0 Å². The van der Waals surface area contributed by atoms with Crippen LogP contribution in [0.15, 0.2) is 52.9 Å². The summed E-state index contributed by atoms with van der Waals surface area (Å²) in [7, 11) is 3.12. The summed E-state index contributed by atoms with van der Waals surface area (Å²) in [4.78, 5) is 19.1. The lowest BCUT2D eigenvalue weighted by Gasteiger charge is -2.10. The molecule has 1 amide bonds. The number of methoxy groups -OCH3 is 2. The molecule has 164 valence electrons. The first-order valence-electron chi connectivity index (χ1n) is 9.57. The smallest absolute Gasteiger partial charge is 0.234 e. The second-order valence-corrected chi connectivity index (χ2v) is 9.52. The van der Waals surface area contributed by atoms with Crippen LogP contribution in [-0.2, 0) is 4.79 Å². The molecule has 0 fully saturated rings. The molecule has 3 heterocycles. The molecule has 0 aliphatic heterocycles. The van der Waals surface area contributed by atoms with Gasteiger partial charge in [-0.1, -0.05) is 17.8 Å². The number of hydrogen-bond donors (Lipinski definition) is 1. The molecular weight excluding hydrogens is 464 g/mol. The second kappa shape index (κ2) is 10.1. The number of thiazole rings is 1. The normalized spacial score (nSPS) is 10.7. The highest BCUT2D eigenvalue weighted by Crippen LogP contribution is 2.36. The van der Waals surface area contributed by atoms with Gasteiger partial charge >= 0.3 is 0 Å². The number of rotatable bonds is 8. The van der Waals surface area contributed by atoms with Gasteiger partial charge in [0.15, 0.2) is 11.5 Å². The summed E-state index contributed by atoms with van der Waals surface area (Å²) in [6.07, 6.45) is 0. The number of thiophene rings is 1. The quantitative estimate of drug-likeness (QED) is 0.336. The lowest BCUT2D eigenvalue weighted by Crippen LogP contribution is -2.14. The van der Waals surface area contributed by atoms with Crippen molar-refractivity contribution in [2.24, 2.45) is 0 Å². The maximum Gasteiger partial charge on any atom is 0.234 e. The van der Waals surface area contributed by atoms with E-state index < -0.39 is 0 Å². The van der Waals surface area contributed by atoms with Gasteiger partial charge in [0.05, 0.1) is 35.4 Å². The lowest BCUT2D eigenvalue weighted by atomic mass is 10.2. The van der Waals surface area contributed by atoms with Crippen LogP contribution in [-0.4, -0.2) is 41.1 Å². The molecule has 4 aromatic rings. The van der Waals surface area contributed by atoms with E-state index in [1.165, 1.54) is 11.8 Å². The summed E-state index contributed by atoms with van der Waals surface area (Å²) in [5.74, 6) is 1.23. The van der Waals surface area contributed by atoms with Gasteiger partial charge in [0.2, 0.25) is 5.91 Å². The first-order chi connectivity index (χ1) is 15.6. The molecule has 0 unspecified atom stereocenters. The summed E-state index contributed by atoms with van der Waals surface area (Å²) in [6.45, 7) is 1.98. The number of amides is 1. The van der Waals surface area contributed by atoms with Crippen molar-refractivity contribution in [2.75, 3.05) is 25.3 Å². The van der Waals surface area contributed by atoms with E-state index in [1.54, 1.807) is 55.1 Å². The zero-order chi connectivity index (χ0) is 22.5. The van der Waals surface area contributed by atoms with Crippen molar-refractivity contribution in [3.8, 4) is 32.0 Å². The highest BCUT2D eigenvalue weighted by Gasteiger charge is 2.14. The molecule has 0 saturated carbocycles. The van der Waals surface area contributed by atoms with Gasteiger partial charge in [-0.3, -0.25) is 4.79 Å². The molecule has 0 spiro atoms. The maximum absolute atomic E-state index is 12.3. The van der Waals surface area contributed by atoms with Crippen molar-refractivity contribution >= 4 is 46.0 Å². The van der Waals surface area contributed by atoms with Crippen molar-refractivity contribution in [1.29, 1.82) is 0 Å². The monoisotopic (exact) mass is 484 g/mol. The Morgan fingerprint density at radius 3 is 2.62 bits per heavy atom. The number of carbonyl (C=O) groups excluding carboxylic acids is 1. The fraction of sp³-hybridized carbons (Fsp3) is 0.182. The molecule has 0 aliphatic carbocycles. The number of aromatic nitrogens is 3. The fourth-order valence-electron chi connectivity index (χ4n) is 2.91. The minimum absolute atomic E-state index is 0.146. The number of nitrogens with zero attached hydrogens (tertiary/aromatic N) is 3. The number of thioether (sulfide) groups is 1. The molecule has 0 bridgehead atoms. The van der Waals surface area contributed by atoms with Gasteiger partial charge in [-0.05, 0) is 42.6 Å². The maximum atomic E-state index is 12.3. The van der Waals surface area contributed by atoms with Crippen molar-refractivity contribution in [3.05, 3.63) is 53.5 Å². The number of carbonyl (C=O) groups is 1. The number of hydrogen-bond acceptors (Lipinski definition) is 9. The number of anilines is 1. The Hall–Kier alpha value is -2.95. The Morgan fingerprint density at radius 1 is 1.09 bits per heavy atom. The molecule has 3 aromatic heterocycles. The van der Waals surface area contributed by atoms with Gasteiger partial charge in [-0.25, -0.2) is 4.98 Å². The van der Waals surface area contributed by atoms with Crippen molar-refractivity contribution in [1.82, 2.24) is 15.2 Å².